The van der Waals surface area contributed by atoms with Crippen LogP contribution in [0.25, 0.3) is 0 Å². The van der Waals surface area contributed by atoms with Gasteiger partial charge in [0.2, 0.25) is 0 Å². The van der Waals surface area contributed by atoms with E-state index in [2.05, 4.69) is 4.98 Å². The number of hydrogen-bond acceptors (Lipinski definition) is 3. The van der Waals surface area contributed by atoms with Crippen LogP contribution in [0.3, 0.4) is 0 Å². The summed E-state index contributed by atoms with van der Waals surface area (Å²) in [4.78, 5) is 3.93. The van der Waals surface area contributed by atoms with E-state index in [4.69, 9.17) is 5.73 Å². The van der Waals surface area contributed by atoms with E-state index >= 15 is 0 Å². The average Bonchev–Trinajstić information content (AvgIpc) is 2.80. The van der Waals surface area contributed by atoms with Gasteiger partial charge in [0.15, 0.2) is 0 Å². The second-order valence-corrected chi connectivity index (χ2v) is 4.51. The molecule has 2 rings (SSSR count). The Kier molecular flexibility index (Phi) is 3.36. The lowest BCUT2D eigenvalue weighted by Gasteiger charge is -2.13. The molecule has 0 saturated carbocycles. The zero-order valence-corrected chi connectivity index (χ0v) is 9.73. The first kappa shape index (κ1) is 13.0. The van der Waals surface area contributed by atoms with Gasteiger partial charge < -0.3 is 5.73 Å². The molecule has 1 aromatic carbocycles. The van der Waals surface area contributed by atoms with Crippen LogP contribution in [-0.2, 0) is 6.18 Å². The van der Waals surface area contributed by atoms with Crippen molar-refractivity contribution in [2.45, 2.75) is 12.2 Å². The van der Waals surface area contributed by atoms with Crippen LogP contribution in [0.2, 0.25) is 0 Å². The third-order valence-corrected chi connectivity index (χ3v) is 3.23. The molecule has 1 aromatic heterocycles. The molecule has 2 aromatic rings. The summed E-state index contributed by atoms with van der Waals surface area (Å²) in [7, 11) is 0. The summed E-state index contributed by atoms with van der Waals surface area (Å²) < 4.78 is 50.7. The highest BCUT2D eigenvalue weighted by Gasteiger charge is 2.34. The van der Waals surface area contributed by atoms with Crippen molar-refractivity contribution in [1.82, 2.24) is 4.98 Å². The third-order valence-electron chi connectivity index (χ3n) is 2.37. The Bertz CT molecular complexity index is 536. The van der Waals surface area contributed by atoms with Crippen molar-refractivity contribution in [3.63, 3.8) is 0 Å². The minimum atomic E-state index is -4.73. The predicted molar refractivity (Wildman–Crippen MR) is 59.5 cm³/mol. The van der Waals surface area contributed by atoms with E-state index in [0.29, 0.717) is 5.01 Å². The highest BCUT2D eigenvalue weighted by Crippen LogP contribution is 2.33. The van der Waals surface area contributed by atoms with Crippen LogP contribution in [0, 0.1) is 5.82 Å². The number of thiazole rings is 1. The molecular formula is C11H8F4N2S. The number of hydrogen-bond donors (Lipinski definition) is 1. The molecule has 1 unspecified atom stereocenters. The summed E-state index contributed by atoms with van der Waals surface area (Å²) in [5.74, 6) is -1.31. The Labute approximate surface area is 104 Å². The van der Waals surface area contributed by atoms with Crippen molar-refractivity contribution in [1.29, 1.82) is 0 Å². The Morgan fingerprint density at radius 1 is 1.28 bits per heavy atom. The fourth-order valence-electron chi connectivity index (χ4n) is 1.48. The molecule has 0 fully saturated rings. The molecule has 0 aliphatic rings. The maximum Gasteiger partial charge on any atom is 0.419 e. The van der Waals surface area contributed by atoms with Crippen LogP contribution < -0.4 is 5.73 Å². The van der Waals surface area contributed by atoms with Crippen molar-refractivity contribution >= 4 is 11.3 Å². The van der Waals surface area contributed by atoms with E-state index in [9.17, 15) is 17.6 Å². The van der Waals surface area contributed by atoms with Gasteiger partial charge >= 0.3 is 6.18 Å². The van der Waals surface area contributed by atoms with Crippen LogP contribution in [0.1, 0.15) is 22.2 Å². The van der Waals surface area contributed by atoms with E-state index in [1.54, 1.807) is 5.38 Å². The highest BCUT2D eigenvalue weighted by molar-refractivity contribution is 7.09. The van der Waals surface area contributed by atoms with Crippen molar-refractivity contribution in [3.05, 3.63) is 51.7 Å². The average molecular weight is 276 g/mol. The zero-order valence-electron chi connectivity index (χ0n) is 8.91. The van der Waals surface area contributed by atoms with Crippen LogP contribution in [0.5, 0.6) is 0 Å². The van der Waals surface area contributed by atoms with Crippen LogP contribution >= 0.6 is 11.3 Å². The molecular weight excluding hydrogens is 268 g/mol. The molecule has 2 N–H and O–H groups in total. The molecule has 2 nitrogen and oxygen atoms in total. The summed E-state index contributed by atoms with van der Waals surface area (Å²) in [6.07, 6.45) is -3.23. The first-order valence-electron chi connectivity index (χ1n) is 4.91. The number of nitrogens with two attached hydrogens (primary N) is 1. The first-order valence-corrected chi connectivity index (χ1v) is 5.79. The normalized spacial score (nSPS) is 13.6. The van der Waals surface area contributed by atoms with E-state index in [1.807, 2.05) is 0 Å². The van der Waals surface area contributed by atoms with Crippen LogP contribution in [-0.4, -0.2) is 4.98 Å². The van der Waals surface area contributed by atoms with Crippen molar-refractivity contribution in [2.75, 3.05) is 0 Å². The van der Waals surface area contributed by atoms with E-state index in [-0.39, 0.29) is 5.56 Å². The predicted octanol–water partition coefficient (Wildman–Crippen LogP) is 3.35. The minimum Gasteiger partial charge on any atom is -0.318 e. The monoisotopic (exact) mass is 276 g/mol. The third kappa shape index (κ3) is 2.51. The summed E-state index contributed by atoms with van der Waals surface area (Å²) in [5.41, 5.74) is 4.65. The van der Waals surface area contributed by atoms with Gasteiger partial charge in [-0.2, -0.15) is 13.2 Å². The Hall–Kier alpha value is -1.47. The van der Waals surface area contributed by atoms with Gasteiger partial charge in [0.25, 0.3) is 0 Å². The van der Waals surface area contributed by atoms with Gasteiger partial charge in [-0.15, -0.1) is 11.3 Å². The van der Waals surface area contributed by atoms with Gasteiger partial charge in [-0.1, -0.05) is 6.07 Å². The molecule has 0 bridgehead atoms. The number of aromatic nitrogens is 1. The summed E-state index contributed by atoms with van der Waals surface area (Å²) in [6, 6.07) is 1.94. The van der Waals surface area contributed by atoms with E-state index in [1.165, 1.54) is 23.6 Å². The van der Waals surface area contributed by atoms with Crippen LogP contribution in [0.15, 0.2) is 29.8 Å². The Balaban J connectivity index is 2.42. The fourth-order valence-corrected chi connectivity index (χ4v) is 2.15. The van der Waals surface area contributed by atoms with Crippen molar-refractivity contribution in [2.24, 2.45) is 5.73 Å². The quantitative estimate of drug-likeness (QED) is 0.854. The van der Waals surface area contributed by atoms with Gasteiger partial charge in [-0.25, -0.2) is 9.37 Å². The van der Waals surface area contributed by atoms with Gasteiger partial charge in [-0.3, -0.25) is 0 Å². The second kappa shape index (κ2) is 4.66. The maximum absolute atomic E-state index is 13.1. The van der Waals surface area contributed by atoms with Gasteiger partial charge in [0.1, 0.15) is 10.8 Å². The zero-order chi connectivity index (χ0) is 13.3. The number of nitrogens with zero attached hydrogens (tertiary/aromatic N) is 1. The molecule has 1 heterocycles. The molecule has 96 valence electrons. The number of rotatable bonds is 2. The topological polar surface area (TPSA) is 38.9 Å². The largest absolute Gasteiger partial charge is 0.419 e. The maximum atomic E-state index is 13.1. The fraction of sp³-hybridized carbons (Fsp3) is 0.182. The van der Waals surface area contributed by atoms with Gasteiger partial charge in [0, 0.05) is 11.6 Å². The number of halogens is 4. The lowest BCUT2D eigenvalue weighted by Crippen LogP contribution is -2.14. The first-order chi connectivity index (χ1) is 8.39. The van der Waals surface area contributed by atoms with Crippen molar-refractivity contribution in [3.8, 4) is 0 Å². The molecule has 0 amide bonds. The molecule has 0 aliphatic carbocycles. The van der Waals surface area contributed by atoms with E-state index in [0.717, 1.165) is 12.1 Å². The Morgan fingerprint density at radius 3 is 2.56 bits per heavy atom. The molecule has 0 radical (unpaired) electrons. The van der Waals surface area contributed by atoms with Gasteiger partial charge in [-0.05, 0) is 17.7 Å². The summed E-state index contributed by atoms with van der Waals surface area (Å²) >= 11 is 1.23. The molecule has 0 aliphatic heterocycles. The molecule has 0 saturated heterocycles. The van der Waals surface area contributed by atoms with E-state index < -0.39 is 23.6 Å². The molecule has 7 heteroatoms. The summed E-state index contributed by atoms with van der Waals surface area (Å²) in [6.45, 7) is 0. The lowest BCUT2D eigenvalue weighted by molar-refractivity contribution is -0.140. The number of alkyl halides is 3. The molecule has 18 heavy (non-hydrogen) atoms. The molecule has 1 atom stereocenters. The minimum absolute atomic E-state index is 0.179. The second-order valence-electron chi connectivity index (χ2n) is 3.59. The smallest absolute Gasteiger partial charge is 0.318 e. The van der Waals surface area contributed by atoms with Crippen LogP contribution in [0.4, 0.5) is 17.6 Å². The lowest BCUT2D eigenvalue weighted by atomic mass is 10.0. The van der Waals surface area contributed by atoms with Gasteiger partial charge in [0.05, 0.1) is 11.6 Å². The number of benzene rings is 1. The summed E-state index contributed by atoms with van der Waals surface area (Å²) in [5, 5.41) is 2.15. The standard InChI is InChI=1S/C11H8F4N2S/c12-8-2-1-6(5-7(8)11(13,14)15)9(16)10-17-3-4-18-10/h1-5,9H,16H2. The molecule has 0 spiro atoms. The SMILES string of the molecule is NC(c1ccc(F)c(C(F)(F)F)c1)c1nccs1. The highest BCUT2D eigenvalue weighted by atomic mass is 32.1. The van der Waals surface area contributed by atoms with Crippen molar-refractivity contribution < 1.29 is 17.6 Å². The Morgan fingerprint density at radius 2 is 2.00 bits per heavy atom.